The molecule has 2 heterocycles. The van der Waals surface area contributed by atoms with E-state index in [0.29, 0.717) is 49.8 Å². The van der Waals surface area contributed by atoms with E-state index < -0.39 is 9.84 Å². The van der Waals surface area contributed by atoms with Crippen LogP contribution in [0.2, 0.25) is 0 Å². The van der Waals surface area contributed by atoms with Crippen LogP contribution in [0.3, 0.4) is 0 Å². The molecule has 0 unspecified atom stereocenters. The zero-order valence-electron chi connectivity index (χ0n) is 23.1. The van der Waals surface area contributed by atoms with Crippen LogP contribution in [0.1, 0.15) is 41.6 Å². The molecule has 2 aromatic heterocycles. The van der Waals surface area contributed by atoms with E-state index in [1.54, 1.807) is 7.11 Å². The van der Waals surface area contributed by atoms with Crippen LogP contribution in [-0.2, 0) is 42.1 Å². The molecular weight excluding hydrogens is 526 g/mol. The van der Waals surface area contributed by atoms with Gasteiger partial charge >= 0.3 is 0 Å². The molecule has 4 aromatic rings. The normalized spacial score (nSPS) is 11.3. The average Bonchev–Trinajstić information content (AvgIpc) is 2.96. The zero-order chi connectivity index (χ0) is 28.4. The van der Waals surface area contributed by atoms with E-state index >= 15 is 0 Å². The quantitative estimate of drug-likeness (QED) is 0.227. The van der Waals surface area contributed by atoms with Crippen molar-refractivity contribution in [3.63, 3.8) is 0 Å². The van der Waals surface area contributed by atoms with Gasteiger partial charge in [-0.15, -0.1) is 0 Å². The lowest BCUT2D eigenvalue weighted by molar-refractivity contribution is 0.414. The third kappa shape index (κ3) is 9.30. The molecule has 0 amide bonds. The van der Waals surface area contributed by atoms with Gasteiger partial charge in [-0.2, -0.15) is 4.98 Å². The minimum absolute atomic E-state index is 0.176. The van der Waals surface area contributed by atoms with Crippen molar-refractivity contribution < 1.29 is 17.9 Å². The van der Waals surface area contributed by atoms with Crippen LogP contribution in [0, 0.1) is 0 Å². The first kappa shape index (κ1) is 28.9. The zero-order valence-corrected chi connectivity index (χ0v) is 23.9. The molecule has 0 aliphatic heterocycles. The molecule has 0 saturated carbocycles. The molecule has 0 aliphatic rings. The summed E-state index contributed by atoms with van der Waals surface area (Å²) in [6.07, 6.45) is 8.43. The van der Waals surface area contributed by atoms with Crippen molar-refractivity contribution in [2.45, 2.75) is 45.6 Å². The molecule has 0 spiro atoms. The second-order valence-electron chi connectivity index (χ2n) is 9.56. The molecule has 0 atom stereocenters. The smallest absolute Gasteiger partial charge is 0.226 e. The van der Waals surface area contributed by atoms with Gasteiger partial charge in [0.05, 0.1) is 18.6 Å². The molecule has 0 radical (unpaired) electrons. The number of hydrogen-bond donors (Lipinski definition) is 1. The summed E-state index contributed by atoms with van der Waals surface area (Å²) in [6.45, 7) is 2.62. The van der Waals surface area contributed by atoms with Crippen molar-refractivity contribution in [1.29, 1.82) is 0 Å². The van der Waals surface area contributed by atoms with Gasteiger partial charge in [-0.3, -0.25) is 0 Å². The molecule has 10 heteroatoms. The summed E-state index contributed by atoms with van der Waals surface area (Å²) in [5.74, 6) is 3.26. The third-order valence-electron chi connectivity index (χ3n) is 6.26. The first-order valence-electron chi connectivity index (χ1n) is 13.3. The lowest BCUT2D eigenvalue weighted by Gasteiger charge is -2.11. The number of hydrogen-bond acceptors (Lipinski definition) is 9. The maximum atomic E-state index is 11.4. The molecule has 4 rings (SSSR count). The number of methoxy groups -OCH3 is 1. The summed E-state index contributed by atoms with van der Waals surface area (Å²) >= 11 is 0. The van der Waals surface area contributed by atoms with E-state index in [4.69, 9.17) is 14.5 Å². The van der Waals surface area contributed by atoms with Crippen molar-refractivity contribution in [2.75, 3.05) is 24.4 Å². The molecule has 0 fully saturated rings. The Bertz CT molecular complexity index is 1410. The topological polar surface area (TPSA) is 116 Å². The minimum Gasteiger partial charge on any atom is -0.497 e. The number of anilines is 1. The van der Waals surface area contributed by atoms with Crippen LogP contribution in [0.25, 0.3) is 0 Å². The summed E-state index contributed by atoms with van der Waals surface area (Å²) in [5, 5.41) is 3.30. The van der Waals surface area contributed by atoms with E-state index in [9.17, 15) is 8.42 Å². The first-order valence-corrected chi connectivity index (χ1v) is 15.3. The highest BCUT2D eigenvalue weighted by Crippen LogP contribution is 2.23. The Morgan fingerprint density at radius 3 is 2.15 bits per heavy atom. The third-order valence-corrected chi connectivity index (χ3v) is 7.29. The van der Waals surface area contributed by atoms with Crippen LogP contribution >= 0.6 is 0 Å². The highest BCUT2D eigenvalue weighted by molar-refractivity contribution is 7.90. The van der Waals surface area contributed by atoms with Gasteiger partial charge in [0.15, 0.2) is 0 Å². The van der Waals surface area contributed by atoms with Gasteiger partial charge in [0.25, 0.3) is 0 Å². The van der Waals surface area contributed by atoms with Gasteiger partial charge in [0, 0.05) is 37.7 Å². The highest BCUT2D eigenvalue weighted by atomic mass is 32.2. The molecule has 0 bridgehead atoms. The molecule has 0 saturated heterocycles. The molecule has 9 nitrogen and oxygen atoms in total. The van der Waals surface area contributed by atoms with Crippen molar-refractivity contribution in [3.8, 4) is 17.4 Å². The van der Waals surface area contributed by atoms with E-state index in [1.165, 1.54) is 6.26 Å². The lowest BCUT2D eigenvalue weighted by atomic mass is 10.1. The fourth-order valence-electron chi connectivity index (χ4n) is 3.97. The minimum atomic E-state index is -2.96. The van der Waals surface area contributed by atoms with Gasteiger partial charge in [0.2, 0.25) is 11.8 Å². The number of nitrogens with one attached hydrogen (secondary N) is 1. The van der Waals surface area contributed by atoms with Gasteiger partial charge in [0.1, 0.15) is 27.2 Å². The van der Waals surface area contributed by atoms with E-state index in [-0.39, 0.29) is 5.75 Å². The second kappa shape index (κ2) is 13.8. The summed E-state index contributed by atoms with van der Waals surface area (Å²) in [4.78, 5) is 18.2. The summed E-state index contributed by atoms with van der Waals surface area (Å²) < 4.78 is 34.1. The molecular formula is C30H35N5O4S. The Hall–Kier alpha value is -4.05. The van der Waals surface area contributed by atoms with Crippen LogP contribution in [0.15, 0.2) is 67.0 Å². The predicted molar refractivity (Wildman–Crippen MR) is 156 cm³/mol. The first-order chi connectivity index (χ1) is 19.3. The highest BCUT2D eigenvalue weighted by Gasteiger charge is 2.10. The Balaban J connectivity index is 1.46. The van der Waals surface area contributed by atoms with Crippen molar-refractivity contribution in [3.05, 3.63) is 95.2 Å². The van der Waals surface area contributed by atoms with E-state index in [1.807, 2.05) is 67.0 Å². The second-order valence-corrected chi connectivity index (χ2v) is 11.8. The number of sulfone groups is 1. The fraction of sp³-hybridized carbons (Fsp3) is 0.333. The summed E-state index contributed by atoms with van der Waals surface area (Å²) in [7, 11) is -1.32. The van der Waals surface area contributed by atoms with Gasteiger partial charge in [-0.1, -0.05) is 31.2 Å². The Kier molecular flexibility index (Phi) is 10.0. The Morgan fingerprint density at radius 1 is 0.825 bits per heavy atom. The lowest BCUT2D eigenvalue weighted by Crippen LogP contribution is -2.07. The number of nitrogens with zero attached hydrogens (tertiary/aromatic N) is 4. The molecule has 2 aromatic carbocycles. The standard InChI is InChI=1S/C30H35N5O4S/c1-4-22-19-31-28(32-20-22)16-11-25-18-29(35-30(34-25)33-21-24-9-12-26(38-2)13-10-24)39-27-14-7-23(8-15-27)6-5-17-40(3,36)37/h7-10,12-15,18-20H,4-6,11,16-17,21H2,1-3H3,(H,33,34,35). The Morgan fingerprint density at radius 2 is 1.50 bits per heavy atom. The monoisotopic (exact) mass is 561 g/mol. The number of ether oxygens (including phenoxy) is 2. The molecule has 210 valence electrons. The summed E-state index contributed by atoms with van der Waals surface area (Å²) in [6, 6.07) is 17.3. The van der Waals surface area contributed by atoms with Crippen molar-refractivity contribution >= 4 is 15.8 Å². The van der Waals surface area contributed by atoms with Crippen LogP contribution < -0.4 is 14.8 Å². The molecule has 40 heavy (non-hydrogen) atoms. The number of rotatable bonds is 14. The van der Waals surface area contributed by atoms with Crippen LogP contribution in [0.4, 0.5) is 5.95 Å². The van der Waals surface area contributed by atoms with Crippen molar-refractivity contribution in [1.82, 2.24) is 19.9 Å². The van der Waals surface area contributed by atoms with Gasteiger partial charge < -0.3 is 14.8 Å². The fourth-order valence-corrected chi connectivity index (χ4v) is 4.64. The summed E-state index contributed by atoms with van der Waals surface area (Å²) in [5.41, 5.74) is 4.03. The molecule has 1 N–H and O–H groups in total. The van der Waals surface area contributed by atoms with Crippen molar-refractivity contribution in [2.24, 2.45) is 0 Å². The SMILES string of the molecule is CCc1cnc(CCc2cc(Oc3ccc(CCCS(C)(=O)=O)cc3)nc(NCc3ccc(OC)cc3)n2)nc1. The van der Waals surface area contributed by atoms with Gasteiger partial charge in [-0.05, 0) is 66.6 Å². The molecule has 0 aliphatic carbocycles. The van der Waals surface area contributed by atoms with Crippen LogP contribution in [0.5, 0.6) is 17.4 Å². The number of aromatic nitrogens is 4. The maximum Gasteiger partial charge on any atom is 0.226 e. The largest absolute Gasteiger partial charge is 0.497 e. The van der Waals surface area contributed by atoms with Crippen LogP contribution in [-0.4, -0.2) is 47.5 Å². The van der Waals surface area contributed by atoms with Gasteiger partial charge in [-0.25, -0.2) is 23.4 Å². The van der Waals surface area contributed by atoms with E-state index in [0.717, 1.165) is 40.4 Å². The predicted octanol–water partition coefficient (Wildman–Crippen LogP) is 5.00. The number of benzene rings is 2. The number of aryl methyl sites for hydroxylation is 4. The average molecular weight is 562 g/mol. The Labute approximate surface area is 236 Å². The van der Waals surface area contributed by atoms with E-state index in [2.05, 4.69) is 27.2 Å². The maximum absolute atomic E-state index is 11.4.